The minimum absolute atomic E-state index is 0.0766. The molecular weight excluding hydrogens is 693 g/mol. The molecule has 1 N–H and O–H groups in total. The standard InChI is InChI=1S/C27H46O.C24H38O4/c1-18(2)7-6-8-19(3)23-11-12-24-22-10-9-20-17-21(28)13-15-26(20,4)25(22)14-16-27(23,24)5;1-5-9-13-19(7-3)17-27-23(25)21-15-11-12-16-22(21)24(26)28-18-20(8-4)14-10-6-2/h9,18-19,21-25,28H,6-8,10-17H2,1-5H3;11-12,15-16,19-20H,5-10,13-14,17-18H2,1-4H3/t19-,21+,22+,23-,24+,25+,26+,27-;/m1./s1. The molecule has 0 heterocycles. The van der Waals surface area contributed by atoms with Crippen LogP contribution in [0.2, 0.25) is 0 Å². The van der Waals surface area contributed by atoms with Crippen LogP contribution in [-0.4, -0.2) is 36.4 Å². The van der Waals surface area contributed by atoms with E-state index in [4.69, 9.17) is 9.47 Å². The van der Waals surface area contributed by atoms with Crippen LogP contribution in [0.5, 0.6) is 0 Å². The van der Waals surface area contributed by atoms with Gasteiger partial charge in [0.15, 0.2) is 0 Å². The van der Waals surface area contributed by atoms with E-state index in [2.05, 4.69) is 68.4 Å². The maximum absolute atomic E-state index is 12.6. The van der Waals surface area contributed by atoms with E-state index in [0.29, 0.717) is 47.0 Å². The first-order valence-electron chi connectivity index (χ1n) is 23.6. The number of aliphatic hydroxyl groups excluding tert-OH is 1. The largest absolute Gasteiger partial charge is 0.462 e. The number of allylic oxidation sites excluding steroid dienone is 1. The second-order valence-corrected chi connectivity index (χ2v) is 19.8. The summed E-state index contributed by atoms with van der Waals surface area (Å²) in [5, 5.41) is 10.2. The van der Waals surface area contributed by atoms with E-state index in [1.807, 2.05) is 0 Å². The van der Waals surface area contributed by atoms with E-state index >= 15 is 0 Å². The number of fused-ring (bicyclic) bond motifs is 5. The summed E-state index contributed by atoms with van der Waals surface area (Å²) in [6.45, 7) is 21.9. The van der Waals surface area contributed by atoms with Gasteiger partial charge in [0.25, 0.3) is 0 Å². The lowest BCUT2D eigenvalue weighted by atomic mass is 9.47. The van der Waals surface area contributed by atoms with Crippen LogP contribution >= 0.6 is 0 Å². The van der Waals surface area contributed by atoms with Crippen LogP contribution in [0.25, 0.3) is 0 Å². The number of carbonyl (C=O) groups excluding carboxylic acids is 2. The van der Waals surface area contributed by atoms with Crippen molar-refractivity contribution in [2.24, 2.45) is 58.2 Å². The van der Waals surface area contributed by atoms with E-state index in [1.165, 1.54) is 57.8 Å². The normalized spacial score (nSPS) is 29.8. The second kappa shape index (κ2) is 22.3. The molecule has 5 nitrogen and oxygen atoms in total. The van der Waals surface area contributed by atoms with Gasteiger partial charge in [-0.1, -0.05) is 144 Å². The Morgan fingerprint density at radius 2 is 1.34 bits per heavy atom. The van der Waals surface area contributed by atoms with Crippen LogP contribution in [0.15, 0.2) is 35.9 Å². The van der Waals surface area contributed by atoms with E-state index in [9.17, 15) is 14.7 Å². The van der Waals surface area contributed by atoms with Crippen molar-refractivity contribution in [2.45, 2.75) is 190 Å². The van der Waals surface area contributed by atoms with Gasteiger partial charge >= 0.3 is 11.9 Å². The zero-order valence-corrected chi connectivity index (χ0v) is 37.5. The Balaban J connectivity index is 0.000000249. The van der Waals surface area contributed by atoms with Gasteiger partial charge in [0.2, 0.25) is 0 Å². The third kappa shape index (κ3) is 11.7. The molecule has 2 unspecified atom stereocenters. The first kappa shape index (κ1) is 46.5. The Bertz CT molecular complexity index is 1330. The monoisotopic (exact) mass is 777 g/mol. The predicted octanol–water partition coefficient (Wildman–Crippen LogP) is 13.8. The van der Waals surface area contributed by atoms with Crippen molar-refractivity contribution in [3.05, 3.63) is 47.0 Å². The van der Waals surface area contributed by atoms with Gasteiger partial charge in [-0.25, -0.2) is 9.59 Å². The maximum Gasteiger partial charge on any atom is 0.339 e. The van der Waals surface area contributed by atoms with Gasteiger partial charge < -0.3 is 14.6 Å². The fraction of sp³-hybridized carbons (Fsp3) is 0.804. The number of ether oxygens (including phenoxy) is 2. The molecule has 1 aromatic carbocycles. The van der Waals surface area contributed by atoms with Gasteiger partial charge in [0.1, 0.15) is 0 Å². The first-order chi connectivity index (χ1) is 26.8. The van der Waals surface area contributed by atoms with E-state index in [1.54, 1.807) is 29.8 Å². The number of hydrogen-bond acceptors (Lipinski definition) is 5. The van der Waals surface area contributed by atoms with Crippen molar-refractivity contribution in [1.29, 1.82) is 0 Å². The third-order valence-corrected chi connectivity index (χ3v) is 15.6. The van der Waals surface area contributed by atoms with Gasteiger partial charge in [-0.3, -0.25) is 0 Å². The molecule has 318 valence electrons. The number of esters is 2. The highest BCUT2D eigenvalue weighted by atomic mass is 16.5. The maximum atomic E-state index is 12.6. The number of aliphatic hydroxyl groups is 1. The highest BCUT2D eigenvalue weighted by molar-refractivity contribution is 6.03. The summed E-state index contributed by atoms with van der Waals surface area (Å²) < 4.78 is 11.0. The minimum atomic E-state index is -0.444. The number of unbranched alkanes of at least 4 members (excludes halogenated alkanes) is 2. The molecule has 0 amide bonds. The average molecular weight is 777 g/mol. The third-order valence-electron chi connectivity index (χ3n) is 15.6. The summed E-state index contributed by atoms with van der Waals surface area (Å²) in [5.41, 5.74) is 3.19. The van der Waals surface area contributed by atoms with Crippen molar-refractivity contribution < 1.29 is 24.2 Å². The van der Waals surface area contributed by atoms with Crippen LogP contribution in [0, 0.1) is 58.2 Å². The van der Waals surface area contributed by atoms with Gasteiger partial charge in [0.05, 0.1) is 30.4 Å². The first-order valence-corrected chi connectivity index (χ1v) is 23.6. The summed E-state index contributed by atoms with van der Waals surface area (Å²) >= 11 is 0. The van der Waals surface area contributed by atoms with Crippen LogP contribution in [0.4, 0.5) is 0 Å². The van der Waals surface area contributed by atoms with E-state index in [0.717, 1.165) is 99.7 Å². The van der Waals surface area contributed by atoms with Gasteiger partial charge in [-0.15, -0.1) is 0 Å². The molecule has 5 heteroatoms. The van der Waals surface area contributed by atoms with Gasteiger partial charge in [-0.05, 0) is 135 Å². The lowest BCUT2D eigenvalue weighted by molar-refractivity contribution is -0.0573. The molecule has 4 aliphatic rings. The summed E-state index contributed by atoms with van der Waals surface area (Å²) in [7, 11) is 0. The van der Waals surface area contributed by atoms with Crippen LogP contribution < -0.4 is 0 Å². The zero-order chi connectivity index (χ0) is 40.9. The topological polar surface area (TPSA) is 72.8 Å². The van der Waals surface area contributed by atoms with Crippen molar-refractivity contribution in [2.75, 3.05) is 13.2 Å². The quantitative estimate of drug-likeness (QED) is 0.112. The van der Waals surface area contributed by atoms with Crippen LogP contribution in [0.1, 0.15) is 205 Å². The molecule has 56 heavy (non-hydrogen) atoms. The Labute approximate surface area is 343 Å². The lowest BCUT2D eigenvalue weighted by Crippen LogP contribution is -2.50. The molecule has 0 saturated heterocycles. The molecule has 10 atom stereocenters. The molecule has 0 aliphatic heterocycles. The number of hydrogen-bond donors (Lipinski definition) is 1. The van der Waals surface area contributed by atoms with E-state index in [-0.39, 0.29) is 6.10 Å². The molecule has 1 aromatic rings. The fourth-order valence-corrected chi connectivity index (χ4v) is 11.8. The van der Waals surface area contributed by atoms with Gasteiger partial charge in [-0.2, -0.15) is 0 Å². The zero-order valence-electron chi connectivity index (χ0n) is 37.5. The van der Waals surface area contributed by atoms with Crippen molar-refractivity contribution in [3.8, 4) is 0 Å². The number of carbonyl (C=O) groups is 2. The molecule has 0 bridgehead atoms. The Hall–Kier alpha value is -2.14. The van der Waals surface area contributed by atoms with Crippen molar-refractivity contribution in [1.82, 2.24) is 0 Å². The minimum Gasteiger partial charge on any atom is -0.462 e. The summed E-state index contributed by atoms with van der Waals surface area (Å²) in [4.78, 5) is 25.1. The molecule has 3 fully saturated rings. The molecule has 4 aliphatic carbocycles. The van der Waals surface area contributed by atoms with Gasteiger partial charge in [0, 0.05) is 0 Å². The van der Waals surface area contributed by atoms with Crippen LogP contribution in [0.3, 0.4) is 0 Å². The molecule has 3 saturated carbocycles. The number of benzene rings is 1. The van der Waals surface area contributed by atoms with Crippen LogP contribution in [-0.2, 0) is 9.47 Å². The highest BCUT2D eigenvalue weighted by Crippen LogP contribution is 2.67. The fourth-order valence-electron chi connectivity index (χ4n) is 11.8. The highest BCUT2D eigenvalue weighted by Gasteiger charge is 2.59. The molecule has 0 radical (unpaired) electrons. The molecular formula is C51H84O5. The SMILES string of the molecule is CC(C)CCC[C@@H](C)[C@H]1CC[C@H]2[C@@H]3CC=C4C[C@@H](O)CC[C@]4(C)[C@H]3CC[C@]12C.CCCCC(CC)COC(=O)c1ccccc1C(=O)OCC(CC)CCCC. The average Bonchev–Trinajstić information content (AvgIpc) is 3.55. The summed E-state index contributed by atoms with van der Waals surface area (Å²) in [5.74, 6) is 5.30. The molecule has 5 rings (SSSR count). The summed E-state index contributed by atoms with van der Waals surface area (Å²) in [6, 6.07) is 6.77. The molecule has 0 spiro atoms. The Morgan fingerprint density at radius 3 is 1.88 bits per heavy atom. The summed E-state index contributed by atoms with van der Waals surface area (Å²) in [6.07, 6.45) is 25.8. The molecule has 0 aromatic heterocycles. The predicted molar refractivity (Wildman–Crippen MR) is 233 cm³/mol. The van der Waals surface area contributed by atoms with Crippen molar-refractivity contribution >= 4 is 11.9 Å². The number of rotatable bonds is 19. The Morgan fingerprint density at radius 1 is 0.750 bits per heavy atom. The second-order valence-electron chi connectivity index (χ2n) is 19.8. The Kier molecular flexibility index (Phi) is 18.5. The smallest absolute Gasteiger partial charge is 0.339 e. The lowest BCUT2D eigenvalue weighted by Gasteiger charge is -2.58. The van der Waals surface area contributed by atoms with Crippen molar-refractivity contribution in [3.63, 3.8) is 0 Å². The van der Waals surface area contributed by atoms with E-state index < -0.39 is 11.9 Å².